The van der Waals surface area contributed by atoms with Gasteiger partial charge >= 0.3 is 5.69 Å². The number of allylic oxidation sites excluding steroid dienone is 5. The van der Waals surface area contributed by atoms with Crippen LogP contribution < -0.4 is 5.69 Å². The van der Waals surface area contributed by atoms with Gasteiger partial charge in [0.2, 0.25) is 0 Å². The second-order valence-electron chi connectivity index (χ2n) is 7.25. The molecule has 6 nitrogen and oxygen atoms in total. The Morgan fingerprint density at radius 1 is 1.24 bits per heavy atom. The number of hydrogen-bond donors (Lipinski definition) is 0. The maximum atomic E-state index is 12.8. The molecule has 0 N–H and O–H groups in total. The second kappa shape index (κ2) is 9.76. The van der Waals surface area contributed by atoms with Gasteiger partial charge in [0.05, 0.1) is 30.3 Å². The van der Waals surface area contributed by atoms with E-state index < -0.39 is 0 Å². The van der Waals surface area contributed by atoms with Crippen LogP contribution in [0.15, 0.2) is 59.1 Å². The molecule has 1 fully saturated rings. The predicted molar refractivity (Wildman–Crippen MR) is 118 cm³/mol. The van der Waals surface area contributed by atoms with Crippen molar-refractivity contribution in [1.29, 1.82) is 0 Å². The largest absolute Gasteiger partial charge is 0.492 e. The minimum absolute atomic E-state index is 0.0631. The molecular formula is C23H31N3O3. The van der Waals surface area contributed by atoms with Gasteiger partial charge in [0.25, 0.3) is 0 Å². The van der Waals surface area contributed by atoms with E-state index in [-0.39, 0.29) is 11.7 Å². The van der Waals surface area contributed by atoms with Gasteiger partial charge in [-0.1, -0.05) is 25.1 Å². The third kappa shape index (κ3) is 4.71. The zero-order valence-electron chi connectivity index (χ0n) is 17.8. The summed E-state index contributed by atoms with van der Waals surface area (Å²) in [5.74, 6) is 0.805. The minimum Gasteiger partial charge on any atom is -0.492 e. The van der Waals surface area contributed by atoms with E-state index in [9.17, 15) is 4.79 Å². The summed E-state index contributed by atoms with van der Waals surface area (Å²) < 4.78 is 15.1. The van der Waals surface area contributed by atoms with E-state index in [0.717, 1.165) is 42.1 Å². The van der Waals surface area contributed by atoms with Crippen molar-refractivity contribution in [3.05, 3.63) is 64.8 Å². The zero-order valence-corrected chi connectivity index (χ0v) is 17.8. The molecule has 1 aliphatic heterocycles. The number of hydrogen-bond acceptors (Lipinski definition) is 4. The number of likely N-dealkylation sites (N-methyl/N-ethyl adjacent to an activating group) is 1. The van der Waals surface area contributed by atoms with E-state index in [1.807, 2.05) is 49.4 Å². The lowest BCUT2D eigenvalue weighted by atomic mass is 10.2. The smallest absolute Gasteiger partial charge is 0.333 e. The van der Waals surface area contributed by atoms with Crippen LogP contribution in [0.4, 0.5) is 0 Å². The Bertz CT molecular complexity index is 981. The van der Waals surface area contributed by atoms with E-state index in [1.165, 1.54) is 0 Å². The van der Waals surface area contributed by atoms with Gasteiger partial charge in [-0.25, -0.2) is 4.79 Å². The summed E-state index contributed by atoms with van der Waals surface area (Å²) >= 11 is 0. The van der Waals surface area contributed by atoms with Crippen LogP contribution in [0.5, 0.6) is 0 Å². The van der Waals surface area contributed by atoms with Crippen LogP contribution in [-0.4, -0.2) is 53.5 Å². The van der Waals surface area contributed by atoms with Crippen molar-refractivity contribution in [2.75, 3.05) is 33.4 Å². The van der Waals surface area contributed by atoms with Crippen LogP contribution in [0.3, 0.4) is 0 Å². The van der Waals surface area contributed by atoms with Crippen molar-refractivity contribution >= 4 is 16.7 Å². The first-order valence-electron chi connectivity index (χ1n) is 10.2. The van der Waals surface area contributed by atoms with Crippen LogP contribution in [0, 0.1) is 0 Å². The molecule has 2 heterocycles. The second-order valence-corrected chi connectivity index (χ2v) is 7.25. The number of morpholine rings is 1. The normalized spacial score (nSPS) is 19.4. The molecule has 0 unspecified atom stereocenters. The highest BCUT2D eigenvalue weighted by Crippen LogP contribution is 2.18. The fraction of sp³-hybridized carbons (Fsp3) is 0.435. The Balaban J connectivity index is 1.81. The molecule has 1 aliphatic rings. The summed E-state index contributed by atoms with van der Waals surface area (Å²) in [6.07, 6.45) is 8.75. The average Bonchev–Trinajstić information content (AvgIpc) is 2.99. The molecule has 2 aromatic rings. The fourth-order valence-corrected chi connectivity index (χ4v) is 3.49. The zero-order chi connectivity index (χ0) is 20.8. The van der Waals surface area contributed by atoms with Crippen molar-refractivity contribution in [3.63, 3.8) is 0 Å². The van der Waals surface area contributed by atoms with Gasteiger partial charge in [-0.15, -0.1) is 0 Å². The SMILES string of the molecule is C\C=C(/C=C\C(=C/CC)OC[C@H]1COCCN1C)n1c(=O)n(C)c2ccccc21. The Kier molecular flexibility index (Phi) is 7.12. The number of ether oxygens (including phenoxy) is 2. The van der Waals surface area contributed by atoms with Crippen molar-refractivity contribution in [3.8, 4) is 0 Å². The van der Waals surface area contributed by atoms with E-state index in [2.05, 4.69) is 24.9 Å². The van der Waals surface area contributed by atoms with Crippen molar-refractivity contribution < 1.29 is 9.47 Å². The summed E-state index contributed by atoms with van der Waals surface area (Å²) in [5.41, 5.74) is 2.55. The van der Waals surface area contributed by atoms with Crippen LogP contribution in [0.1, 0.15) is 20.3 Å². The summed E-state index contributed by atoms with van der Waals surface area (Å²) in [5, 5.41) is 0. The number of benzene rings is 1. The molecule has 1 atom stereocenters. The lowest BCUT2D eigenvalue weighted by Crippen LogP contribution is -2.45. The lowest BCUT2D eigenvalue weighted by Gasteiger charge is -2.32. The first-order chi connectivity index (χ1) is 14.1. The molecule has 0 bridgehead atoms. The number of imidazole rings is 1. The molecule has 3 rings (SSSR count). The van der Waals surface area contributed by atoms with Gasteiger partial charge in [-0.3, -0.25) is 14.0 Å². The Hall–Kier alpha value is -2.57. The predicted octanol–water partition coefficient (Wildman–Crippen LogP) is 3.40. The van der Waals surface area contributed by atoms with Crippen molar-refractivity contribution in [1.82, 2.24) is 14.0 Å². The molecule has 0 aliphatic carbocycles. The highest BCUT2D eigenvalue weighted by molar-refractivity contribution is 5.81. The molecule has 0 saturated carbocycles. The average molecular weight is 398 g/mol. The van der Waals surface area contributed by atoms with E-state index >= 15 is 0 Å². The van der Waals surface area contributed by atoms with E-state index in [0.29, 0.717) is 13.2 Å². The van der Waals surface area contributed by atoms with Gasteiger partial charge in [-0.05, 0) is 50.8 Å². The molecule has 1 saturated heterocycles. The molecule has 0 spiro atoms. The van der Waals surface area contributed by atoms with E-state index in [4.69, 9.17) is 9.47 Å². The molecule has 156 valence electrons. The van der Waals surface area contributed by atoms with Gasteiger partial charge in [0.15, 0.2) is 0 Å². The highest BCUT2D eigenvalue weighted by Gasteiger charge is 2.20. The minimum atomic E-state index is -0.0631. The van der Waals surface area contributed by atoms with Gasteiger partial charge in [0.1, 0.15) is 12.4 Å². The summed E-state index contributed by atoms with van der Waals surface area (Å²) in [7, 11) is 3.90. The van der Waals surface area contributed by atoms with Gasteiger partial charge in [-0.2, -0.15) is 0 Å². The molecule has 6 heteroatoms. The maximum Gasteiger partial charge on any atom is 0.333 e. The first kappa shape index (κ1) is 21.1. The number of aryl methyl sites for hydroxylation is 1. The molecule has 29 heavy (non-hydrogen) atoms. The Morgan fingerprint density at radius 3 is 2.69 bits per heavy atom. The fourth-order valence-electron chi connectivity index (χ4n) is 3.49. The monoisotopic (exact) mass is 397 g/mol. The quantitative estimate of drug-likeness (QED) is 0.531. The van der Waals surface area contributed by atoms with Crippen LogP contribution in [0.2, 0.25) is 0 Å². The number of para-hydroxylation sites is 2. The number of fused-ring (bicyclic) bond motifs is 1. The Labute approximate surface area is 172 Å². The van der Waals surface area contributed by atoms with Crippen LogP contribution in [0.25, 0.3) is 16.7 Å². The highest BCUT2D eigenvalue weighted by atomic mass is 16.5. The van der Waals surface area contributed by atoms with Crippen molar-refractivity contribution in [2.24, 2.45) is 7.05 Å². The van der Waals surface area contributed by atoms with Crippen LogP contribution in [-0.2, 0) is 16.5 Å². The third-order valence-corrected chi connectivity index (χ3v) is 5.30. The maximum absolute atomic E-state index is 12.8. The molecule has 0 amide bonds. The number of nitrogens with zero attached hydrogens (tertiary/aromatic N) is 3. The summed E-state index contributed by atoms with van der Waals surface area (Å²) in [4.78, 5) is 15.1. The number of rotatable bonds is 7. The van der Waals surface area contributed by atoms with Crippen LogP contribution >= 0.6 is 0 Å². The van der Waals surface area contributed by atoms with Gasteiger partial charge in [0, 0.05) is 19.3 Å². The standard InChI is InChI=1S/C23H31N3O3/c1-5-9-20(29-17-19-16-28-15-14-24(19)3)13-12-18(6-2)26-22-11-8-7-10-21(22)25(4)23(26)27/h6-13,19H,5,14-17H2,1-4H3/b13-12-,18-6+,20-9+/t19-/m1/s1. The molecule has 0 radical (unpaired) electrons. The molecular weight excluding hydrogens is 366 g/mol. The lowest BCUT2D eigenvalue weighted by molar-refractivity contribution is -0.0198. The van der Waals surface area contributed by atoms with E-state index in [1.54, 1.807) is 16.2 Å². The topological polar surface area (TPSA) is 48.6 Å². The molecule has 1 aromatic heterocycles. The molecule has 1 aromatic carbocycles. The van der Waals surface area contributed by atoms with Crippen molar-refractivity contribution in [2.45, 2.75) is 26.3 Å². The summed E-state index contributed by atoms with van der Waals surface area (Å²) in [6.45, 7) is 6.97. The van der Waals surface area contributed by atoms with Gasteiger partial charge < -0.3 is 9.47 Å². The third-order valence-electron chi connectivity index (χ3n) is 5.30. The number of aromatic nitrogens is 2. The Morgan fingerprint density at radius 2 is 2.00 bits per heavy atom. The summed E-state index contributed by atoms with van der Waals surface area (Å²) in [6, 6.07) is 8.06. The first-order valence-corrected chi connectivity index (χ1v) is 10.2.